The maximum Gasteiger partial charge on any atom is 0.320 e. The second-order valence-corrected chi connectivity index (χ2v) is 4.45. The van der Waals surface area contributed by atoms with E-state index in [-0.39, 0.29) is 0 Å². The molecule has 1 aromatic rings. The highest BCUT2D eigenvalue weighted by molar-refractivity contribution is 6.32. The van der Waals surface area contributed by atoms with Crippen LogP contribution >= 0.6 is 11.6 Å². The zero-order valence-corrected chi connectivity index (χ0v) is 10.4. The third-order valence-corrected chi connectivity index (χ3v) is 3.36. The van der Waals surface area contributed by atoms with Crippen LogP contribution in [0.5, 0.6) is 0 Å². The third kappa shape index (κ3) is 2.54. The van der Waals surface area contributed by atoms with Crippen LogP contribution in [0.1, 0.15) is 22.3 Å². The van der Waals surface area contributed by atoms with Crippen LogP contribution in [0.15, 0.2) is 6.07 Å². The Balaban J connectivity index is 3.14. The average Bonchev–Trinajstić information content (AvgIpc) is 2.20. The molecule has 0 heterocycles. The first kappa shape index (κ1) is 13.0. The zero-order chi connectivity index (χ0) is 12.5. The van der Waals surface area contributed by atoms with Gasteiger partial charge in [0.25, 0.3) is 0 Å². The van der Waals surface area contributed by atoms with Gasteiger partial charge in [-0.05, 0) is 49.4 Å². The van der Waals surface area contributed by atoms with Crippen molar-refractivity contribution in [3.8, 4) is 0 Å². The molecule has 1 aromatic carbocycles. The van der Waals surface area contributed by atoms with Crippen LogP contribution in [0.4, 0.5) is 0 Å². The van der Waals surface area contributed by atoms with Crippen molar-refractivity contribution >= 4 is 17.6 Å². The van der Waals surface area contributed by atoms with Crippen molar-refractivity contribution < 1.29 is 9.90 Å². The Morgan fingerprint density at radius 1 is 1.44 bits per heavy atom. The molecule has 0 saturated heterocycles. The van der Waals surface area contributed by atoms with E-state index in [0.717, 1.165) is 22.3 Å². The van der Waals surface area contributed by atoms with Gasteiger partial charge in [-0.3, -0.25) is 4.79 Å². The van der Waals surface area contributed by atoms with Gasteiger partial charge in [0, 0.05) is 5.02 Å². The molecule has 0 aromatic heterocycles. The second kappa shape index (κ2) is 4.85. The Hall–Kier alpha value is -1.06. The summed E-state index contributed by atoms with van der Waals surface area (Å²) in [6.07, 6.45) is 0.312. The lowest BCUT2D eigenvalue weighted by Gasteiger charge is -2.15. The molecule has 16 heavy (non-hydrogen) atoms. The summed E-state index contributed by atoms with van der Waals surface area (Å²) >= 11 is 6.13. The lowest BCUT2D eigenvalue weighted by atomic mass is 9.94. The number of rotatable bonds is 3. The van der Waals surface area contributed by atoms with Gasteiger partial charge in [-0.15, -0.1) is 0 Å². The first-order valence-corrected chi connectivity index (χ1v) is 5.46. The van der Waals surface area contributed by atoms with Crippen LogP contribution in [0.3, 0.4) is 0 Å². The van der Waals surface area contributed by atoms with Crippen molar-refractivity contribution in [2.45, 2.75) is 33.2 Å². The number of carboxylic acid groups (broad SMARTS) is 1. The number of nitrogens with two attached hydrogens (primary N) is 1. The highest BCUT2D eigenvalue weighted by Gasteiger charge is 2.17. The summed E-state index contributed by atoms with van der Waals surface area (Å²) in [4.78, 5) is 10.7. The van der Waals surface area contributed by atoms with E-state index in [9.17, 15) is 4.79 Å². The Morgan fingerprint density at radius 2 is 2.00 bits per heavy atom. The third-order valence-electron chi connectivity index (χ3n) is 2.78. The molecule has 0 fully saturated rings. The van der Waals surface area contributed by atoms with Gasteiger partial charge in [0.1, 0.15) is 6.04 Å². The number of aryl methyl sites for hydroxylation is 2. The molecule has 88 valence electrons. The molecule has 3 N–H and O–H groups in total. The normalized spacial score (nSPS) is 12.6. The van der Waals surface area contributed by atoms with E-state index in [1.165, 1.54) is 0 Å². The van der Waals surface area contributed by atoms with E-state index >= 15 is 0 Å². The minimum Gasteiger partial charge on any atom is -0.480 e. The van der Waals surface area contributed by atoms with E-state index < -0.39 is 12.0 Å². The predicted molar refractivity (Wildman–Crippen MR) is 65.0 cm³/mol. The lowest BCUT2D eigenvalue weighted by Crippen LogP contribution is -2.32. The van der Waals surface area contributed by atoms with Crippen molar-refractivity contribution in [1.29, 1.82) is 0 Å². The molecule has 0 aliphatic rings. The maximum atomic E-state index is 10.7. The largest absolute Gasteiger partial charge is 0.480 e. The first-order chi connectivity index (χ1) is 7.34. The Morgan fingerprint density at radius 3 is 2.50 bits per heavy atom. The molecular formula is C12H16ClNO2. The SMILES string of the molecule is Cc1cc(C)c(CC(N)C(=O)O)c(C)c1Cl. The van der Waals surface area contributed by atoms with Crippen LogP contribution in [0, 0.1) is 20.8 Å². The molecule has 0 spiro atoms. The molecule has 0 amide bonds. The molecule has 3 nitrogen and oxygen atoms in total. The quantitative estimate of drug-likeness (QED) is 0.853. The molecule has 1 unspecified atom stereocenters. The number of carboxylic acids is 1. The van der Waals surface area contributed by atoms with Crippen molar-refractivity contribution in [1.82, 2.24) is 0 Å². The fraction of sp³-hybridized carbons (Fsp3) is 0.417. The standard InChI is InChI=1S/C12H16ClNO2/c1-6-4-7(2)11(13)8(3)9(6)5-10(14)12(15)16/h4,10H,5,14H2,1-3H3,(H,15,16). The van der Waals surface area contributed by atoms with E-state index in [2.05, 4.69) is 0 Å². The van der Waals surface area contributed by atoms with Crippen LogP contribution < -0.4 is 5.73 Å². The Bertz CT molecular complexity index is 430. The van der Waals surface area contributed by atoms with Gasteiger partial charge in [-0.1, -0.05) is 17.7 Å². The molecule has 0 saturated carbocycles. The van der Waals surface area contributed by atoms with Crippen LogP contribution in [0.25, 0.3) is 0 Å². The predicted octanol–water partition coefficient (Wildman–Crippen LogP) is 2.22. The molecule has 0 bridgehead atoms. The van der Waals surface area contributed by atoms with Gasteiger partial charge in [0.05, 0.1) is 0 Å². The van der Waals surface area contributed by atoms with E-state index in [1.807, 2.05) is 26.8 Å². The van der Waals surface area contributed by atoms with Gasteiger partial charge in [0.2, 0.25) is 0 Å². The number of halogens is 1. The molecule has 4 heteroatoms. The summed E-state index contributed by atoms with van der Waals surface area (Å²) in [5.74, 6) is -0.990. The number of aliphatic carboxylic acids is 1. The van der Waals surface area contributed by atoms with Gasteiger partial charge in [-0.25, -0.2) is 0 Å². The topological polar surface area (TPSA) is 63.3 Å². The van der Waals surface area contributed by atoms with Crippen molar-refractivity contribution in [3.05, 3.63) is 33.3 Å². The Labute approximate surface area is 100 Å². The monoisotopic (exact) mass is 241 g/mol. The average molecular weight is 242 g/mol. The van der Waals surface area contributed by atoms with Crippen LogP contribution in [-0.4, -0.2) is 17.1 Å². The van der Waals surface area contributed by atoms with Crippen LogP contribution in [0.2, 0.25) is 5.02 Å². The first-order valence-electron chi connectivity index (χ1n) is 5.08. The minimum absolute atomic E-state index is 0.312. The molecule has 1 rings (SSSR count). The second-order valence-electron chi connectivity index (χ2n) is 4.08. The van der Waals surface area contributed by atoms with E-state index in [0.29, 0.717) is 11.4 Å². The Kier molecular flexibility index (Phi) is 3.94. The fourth-order valence-corrected chi connectivity index (χ4v) is 1.99. The number of benzene rings is 1. The van der Waals surface area contributed by atoms with Gasteiger partial charge >= 0.3 is 5.97 Å². The van der Waals surface area contributed by atoms with E-state index in [1.54, 1.807) is 0 Å². The zero-order valence-electron chi connectivity index (χ0n) is 9.67. The summed E-state index contributed by atoms with van der Waals surface area (Å²) in [6.45, 7) is 5.77. The lowest BCUT2D eigenvalue weighted by molar-refractivity contribution is -0.138. The number of hydrogen-bond acceptors (Lipinski definition) is 2. The summed E-state index contributed by atoms with van der Waals surface area (Å²) in [6, 6.07) is 1.08. The number of hydrogen-bond donors (Lipinski definition) is 2. The summed E-state index contributed by atoms with van der Waals surface area (Å²) in [5.41, 5.74) is 9.44. The van der Waals surface area contributed by atoms with Gasteiger partial charge in [-0.2, -0.15) is 0 Å². The van der Waals surface area contributed by atoms with Crippen LogP contribution in [-0.2, 0) is 11.2 Å². The van der Waals surface area contributed by atoms with Crippen molar-refractivity contribution in [2.24, 2.45) is 5.73 Å². The molecule has 0 aliphatic carbocycles. The summed E-state index contributed by atoms with van der Waals surface area (Å²) < 4.78 is 0. The smallest absolute Gasteiger partial charge is 0.320 e. The van der Waals surface area contributed by atoms with Crippen molar-refractivity contribution in [2.75, 3.05) is 0 Å². The molecule has 0 radical (unpaired) electrons. The summed E-state index contributed by atoms with van der Waals surface area (Å²) in [7, 11) is 0. The minimum atomic E-state index is -0.990. The molecule has 0 aliphatic heterocycles. The highest BCUT2D eigenvalue weighted by Crippen LogP contribution is 2.27. The highest BCUT2D eigenvalue weighted by atomic mass is 35.5. The van der Waals surface area contributed by atoms with E-state index in [4.69, 9.17) is 22.4 Å². The summed E-state index contributed by atoms with van der Waals surface area (Å²) in [5, 5.41) is 9.48. The van der Waals surface area contributed by atoms with Crippen molar-refractivity contribution in [3.63, 3.8) is 0 Å². The maximum absolute atomic E-state index is 10.7. The number of carbonyl (C=O) groups is 1. The van der Waals surface area contributed by atoms with Gasteiger partial charge in [0.15, 0.2) is 0 Å². The molecule has 1 atom stereocenters. The fourth-order valence-electron chi connectivity index (χ4n) is 1.82. The molecular weight excluding hydrogens is 226 g/mol. The van der Waals surface area contributed by atoms with Gasteiger partial charge < -0.3 is 10.8 Å².